The fourth-order valence-electron chi connectivity index (χ4n) is 1.43. The Labute approximate surface area is 104 Å². The van der Waals surface area contributed by atoms with Gasteiger partial charge < -0.3 is 9.84 Å². The van der Waals surface area contributed by atoms with Crippen molar-refractivity contribution in [3.63, 3.8) is 0 Å². The van der Waals surface area contributed by atoms with Gasteiger partial charge in [0.25, 0.3) is 0 Å². The number of rotatable bonds is 6. The van der Waals surface area contributed by atoms with Gasteiger partial charge in [0.05, 0.1) is 6.10 Å². The van der Waals surface area contributed by atoms with E-state index in [0.29, 0.717) is 6.61 Å². The highest BCUT2D eigenvalue weighted by Gasteiger charge is 1.98. The van der Waals surface area contributed by atoms with Gasteiger partial charge in [-0.1, -0.05) is 17.7 Å². The molecule has 94 valence electrons. The molecule has 1 aromatic rings. The average Bonchev–Trinajstić information content (AvgIpc) is 2.27. The minimum absolute atomic E-state index is 0.233. The van der Waals surface area contributed by atoms with Gasteiger partial charge in [0, 0.05) is 0 Å². The standard InChI is InChI=1S/C15H22O2/c1-12(2)10-11-17-15-8-6-14(7-9-15)5-4-13(3)16/h6-10,13,16H,4-5,11H2,1-3H3. The highest BCUT2D eigenvalue weighted by molar-refractivity contribution is 5.27. The molecule has 0 spiro atoms. The summed E-state index contributed by atoms with van der Waals surface area (Å²) in [5, 5.41) is 9.21. The van der Waals surface area contributed by atoms with Crippen LogP contribution in [0.3, 0.4) is 0 Å². The van der Waals surface area contributed by atoms with Crippen molar-refractivity contribution in [2.24, 2.45) is 0 Å². The summed E-state index contributed by atoms with van der Waals surface area (Å²) in [6.07, 6.45) is 3.54. The molecule has 1 N–H and O–H groups in total. The number of hydrogen-bond acceptors (Lipinski definition) is 2. The van der Waals surface area contributed by atoms with Crippen LogP contribution >= 0.6 is 0 Å². The molecule has 2 heteroatoms. The summed E-state index contributed by atoms with van der Waals surface area (Å²) in [4.78, 5) is 0. The van der Waals surface area contributed by atoms with Crippen LogP contribution in [0.5, 0.6) is 5.75 Å². The van der Waals surface area contributed by atoms with Crippen molar-refractivity contribution in [3.05, 3.63) is 41.5 Å². The Morgan fingerprint density at radius 3 is 2.47 bits per heavy atom. The number of aliphatic hydroxyl groups is 1. The van der Waals surface area contributed by atoms with Gasteiger partial charge in [-0.25, -0.2) is 0 Å². The van der Waals surface area contributed by atoms with Gasteiger partial charge in [0.2, 0.25) is 0 Å². The van der Waals surface area contributed by atoms with Crippen molar-refractivity contribution < 1.29 is 9.84 Å². The summed E-state index contributed by atoms with van der Waals surface area (Å²) >= 11 is 0. The molecule has 1 atom stereocenters. The van der Waals surface area contributed by atoms with Gasteiger partial charge in [-0.15, -0.1) is 0 Å². The van der Waals surface area contributed by atoms with Crippen molar-refractivity contribution in [1.82, 2.24) is 0 Å². The number of allylic oxidation sites excluding steroid dienone is 1. The van der Waals surface area contributed by atoms with E-state index in [1.54, 1.807) is 0 Å². The van der Waals surface area contributed by atoms with Crippen LogP contribution in [0.2, 0.25) is 0 Å². The SMILES string of the molecule is CC(C)=CCOc1ccc(CCC(C)O)cc1. The summed E-state index contributed by atoms with van der Waals surface area (Å²) in [5.74, 6) is 0.892. The zero-order valence-electron chi connectivity index (χ0n) is 10.9. The quantitative estimate of drug-likeness (QED) is 0.765. The molecule has 0 aliphatic heterocycles. The lowest BCUT2D eigenvalue weighted by atomic mass is 10.1. The first-order chi connectivity index (χ1) is 8.08. The molecule has 1 rings (SSSR count). The second-order valence-electron chi connectivity index (χ2n) is 4.62. The highest BCUT2D eigenvalue weighted by atomic mass is 16.5. The third-order valence-electron chi connectivity index (χ3n) is 2.52. The van der Waals surface area contributed by atoms with Gasteiger partial charge in [-0.2, -0.15) is 0 Å². The van der Waals surface area contributed by atoms with Crippen LogP contribution in [0.15, 0.2) is 35.9 Å². The maximum atomic E-state index is 9.21. The highest BCUT2D eigenvalue weighted by Crippen LogP contribution is 2.14. The van der Waals surface area contributed by atoms with Gasteiger partial charge in [0.15, 0.2) is 0 Å². The van der Waals surface area contributed by atoms with Crippen LogP contribution < -0.4 is 4.74 Å². The maximum absolute atomic E-state index is 9.21. The van der Waals surface area contributed by atoms with Gasteiger partial charge >= 0.3 is 0 Å². The topological polar surface area (TPSA) is 29.5 Å². The Hall–Kier alpha value is -1.28. The molecular weight excluding hydrogens is 212 g/mol. The number of aliphatic hydroxyl groups excluding tert-OH is 1. The first-order valence-corrected chi connectivity index (χ1v) is 6.11. The molecule has 0 saturated carbocycles. The maximum Gasteiger partial charge on any atom is 0.119 e. The normalized spacial score (nSPS) is 12.0. The number of hydrogen-bond donors (Lipinski definition) is 1. The largest absolute Gasteiger partial charge is 0.490 e. The third kappa shape index (κ3) is 6.12. The van der Waals surface area contributed by atoms with E-state index in [4.69, 9.17) is 4.74 Å². The summed E-state index contributed by atoms with van der Waals surface area (Å²) in [6.45, 7) is 6.55. The van der Waals surface area contributed by atoms with Crippen LogP contribution in [0.25, 0.3) is 0 Å². The van der Waals surface area contributed by atoms with Crippen LogP contribution in [-0.2, 0) is 6.42 Å². The van der Waals surface area contributed by atoms with Crippen LogP contribution in [-0.4, -0.2) is 17.8 Å². The number of aryl methyl sites for hydroxylation is 1. The lowest BCUT2D eigenvalue weighted by Gasteiger charge is -2.06. The number of ether oxygens (including phenoxy) is 1. The molecule has 0 fully saturated rings. The summed E-state index contributed by atoms with van der Waals surface area (Å²) in [6, 6.07) is 8.08. The Morgan fingerprint density at radius 1 is 1.29 bits per heavy atom. The molecule has 1 aromatic carbocycles. The van der Waals surface area contributed by atoms with Gasteiger partial charge in [-0.3, -0.25) is 0 Å². The zero-order chi connectivity index (χ0) is 12.7. The van der Waals surface area contributed by atoms with Crippen LogP contribution in [0.1, 0.15) is 32.8 Å². The lowest BCUT2D eigenvalue weighted by molar-refractivity contribution is 0.185. The van der Waals surface area contributed by atoms with Crippen LogP contribution in [0, 0.1) is 0 Å². The summed E-state index contributed by atoms with van der Waals surface area (Å²) in [7, 11) is 0. The molecule has 0 bridgehead atoms. The fourth-order valence-corrected chi connectivity index (χ4v) is 1.43. The van der Waals surface area contributed by atoms with Crippen molar-refractivity contribution in [2.45, 2.75) is 39.7 Å². The van der Waals surface area contributed by atoms with E-state index in [1.807, 2.05) is 19.1 Å². The molecule has 0 aliphatic rings. The molecule has 17 heavy (non-hydrogen) atoms. The first kappa shape index (κ1) is 13.8. The summed E-state index contributed by atoms with van der Waals surface area (Å²) < 4.78 is 5.57. The van der Waals surface area contributed by atoms with Gasteiger partial charge in [0.1, 0.15) is 12.4 Å². The van der Waals surface area contributed by atoms with Crippen LogP contribution in [0.4, 0.5) is 0 Å². The third-order valence-corrected chi connectivity index (χ3v) is 2.52. The molecule has 0 amide bonds. The van der Waals surface area contributed by atoms with Crippen molar-refractivity contribution in [3.8, 4) is 5.75 Å². The van der Waals surface area contributed by atoms with E-state index >= 15 is 0 Å². The number of benzene rings is 1. The fraction of sp³-hybridized carbons (Fsp3) is 0.467. The predicted molar refractivity (Wildman–Crippen MR) is 71.4 cm³/mol. The zero-order valence-corrected chi connectivity index (χ0v) is 10.9. The minimum atomic E-state index is -0.233. The molecule has 2 nitrogen and oxygen atoms in total. The van der Waals surface area contributed by atoms with Crippen molar-refractivity contribution in [1.29, 1.82) is 0 Å². The Bertz CT molecular complexity index is 346. The molecule has 0 saturated heterocycles. The smallest absolute Gasteiger partial charge is 0.119 e. The second-order valence-corrected chi connectivity index (χ2v) is 4.62. The van der Waals surface area contributed by atoms with E-state index in [9.17, 15) is 5.11 Å². The molecule has 0 aromatic heterocycles. The Morgan fingerprint density at radius 2 is 1.94 bits per heavy atom. The van der Waals surface area contributed by atoms with E-state index in [-0.39, 0.29) is 6.10 Å². The van der Waals surface area contributed by atoms with E-state index in [1.165, 1.54) is 11.1 Å². The van der Waals surface area contributed by atoms with E-state index < -0.39 is 0 Å². The summed E-state index contributed by atoms with van der Waals surface area (Å²) in [5.41, 5.74) is 2.50. The molecule has 0 heterocycles. The molecule has 1 unspecified atom stereocenters. The van der Waals surface area contributed by atoms with Crippen molar-refractivity contribution >= 4 is 0 Å². The molecule has 0 radical (unpaired) electrons. The van der Waals surface area contributed by atoms with Gasteiger partial charge in [-0.05, 0) is 57.4 Å². The lowest BCUT2D eigenvalue weighted by Crippen LogP contribution is -2.01. The first-order valence-electron chi connectivity index (χ1n) is 6.11. The molecular formula is C15H22O2. The minimum Gasteiger partial charge on any atom is -0.490 e. The average molecular weight is 234 g/mol. The Balaban J connectivity index is 2.42. The monoisotopic (exact) mass is 234 g/mol. The molecule has 0 aliphatic carbocycles. The predicted octanol–water partition coefficient (Wildman–Crippen LogP) is 3.35. The van der Waals surface area contributed by atoms with E-state index in [0.717, 1.165) is 18.6 Å². The van der Waals surface area contributed by atoms with E-state index in [2.05, 4.69) is 32.1 Å². The second kappa shape index (κ2) is 7.13. The Kier molecular flexibility index (Phi) is 5.78. The van der Waals surface area contributed by atoms with Crippen molar-refractivity contribution in [2.75, 3.05) is 6.61 Å².